The number of nitro groups is 1. The molecule has 1 aromatic heterocycles. The highest BCUT2D eigenvalue weighted by molar-refractivity contribution is 7.89. The first-order valence-electron chi connectivity index (χ1n) is 7.21. The second kappa shape index (κ2) is 6.90. The molecule has 1 aliphatic rings. The van der Waals surface area contributed by atoms with Gasteiger partial charge in [-0.1, -0.05) is 11.6 Å². The Morgan fingerprint density at radius 1 is 1.28 bits per heavy atom. The highest BCUT2D eigenvalue weighted by Gasteiger charge is 2.37. The number of nitro benzene ring substituents is 1. The van der Waals surface area contributed by atoms with Crippen LogP contribution in [-0.2, 0) is 10.0 Å². The lowest BCUT2D eigenvalue weighted by atomic mass is 10.1. The third-order valence-electron chi connectivity index (χ3n) is 3.66. The topological polar surface area (TPSA) is 116 Å². The number of ether oxygens (including phenoxy) is 1. The Morgan fingerprint density at radius 3 is 2.56 bits per heavy atom. The molecule has 11 heteroatoms. The average molecular weight is 385 g/mol. The molecule has 0 N–H and O–H groups in total. The first kappa shape index (κ1) is 17.5. The van der Waals surface area contributed by atoms with Crippen LogP contribution in [-0.4, -0.2) is 47.3 Å². The van der Waals surface area contributed by atoms with E-state index < -0.39 is 14.9 Å². The van der Waals surface area contributed by atoms with E-state index in [9.17, 15) is 18.5 Å². The Balaban J connectivity index is 1.56. The van der Waals surface area contributed by atoms with E-state index in [-0.39, 0.29) is 27.5 Å². The summed E-state index contributed by atoms with van der Waals surface area (Å²) in [5.41, 5.74) is -0.156. The number of aromatic nitrogens is 2. The van der Waals surface area contributed by atoms with E-state index in [0.29, 0.717) is 19.7 Å². The van der Waals surface area contributed by atoms with Crippen molar-refractivity contribution in [3.05, 3.63) is 51.9 Å². The lowest BCUT2D eigenvalue weighted by molar-refractivity contribution is -0.384. The standard InChI is InChI=1S/C14H13ClN4O5S/c15-13-5-16-6-14(17-13)24-9-10-7-18(8-10)25(22,23)12-3-1-11(2-4-12)19(20)21/h1-6,10H,7-9H2. The Bertz CT molecular complexity index is 884. The predicted octanol–water partition coefficient (Wildman–Crippen LogP) is 1.74. The maximum Gasteiger partial charge on any atom is 0.269 e. The van der Waals surface area contributed by atoms with E-state index in [4.69, 9.17) is 16.3 Å². The van der Waals surface area contributed by atoms with Crippen LogP contribution in [0.5, 0.6) is 5.88 Å². The van der Waals surface area contributed by atoms with E-state index in [1.54, 1.807) is 0 Å². The number of non-ortho nitro benzene ring substituents is 1. The fourth-order valence-corrected chi connectivity index (χ4v) is 4.04. The van der Waals surface area contributed by atoms with Crippen molar-refractivity contribution in [3.8, 4) is 5.88 Å². The molecular formula is C14H13ClN4O5S. The Morgan fingerprint density at radius 2 is 1.96 bits per heavy atom. The van der Waals surface area contributed by atoms with Crippen LogP contribution in [0.25, 0.3) is 0 Å². The first-order valence-corrected chi connectivity index (χ1v) is 9.03. The molecule has 1 aliphatic heterocycles. The maximum absolute atomic E-state index is 12.4. The summed E-state index contributed by atoms with van der Waals surface area (Å²) in [4.78, 5) is 17.9. The fourth-order valence-electron chi connectivity index (χ4n) is 2.31. The summed E-state index contributed by atoms with van der Waals surface area (Å²) in [6.07, 6.45) is 2.81. The number of rotatable bonds is 6. The number of nitrogens with zero attached hydrogens (tertiary/aromatic N) is 4. The second-order valence-electron chi connectivity index (χ2n) is 5.43. The molecular weight excluding hydrogens is 372 g/mol. The van der Waals surface area contributed by atoms with Crippen molar-refractivity contribution in [1.29, 1.82) is 0 Å². The van der Waals surface area contributed by atoms with Gasteiger partial charge in [0, 0.05) is 31.1 Å². The van der Waals surface area contributed by atoms with E-state index in [0.717, 1.165) is 0 Å². The van der Waals surface area contributed by atoms with Crippen LogP contribution in [0.1, 0.15) is 0 Å². The zero-order chi connectivity index (χ0) is 18.0. The molecule has 0 bridgehead atoms. The number of hydrogen-bond acceptors (Lipinski definition) is 7. The van der Waals surface area contributed by atoms with Gasteiger partial charge in [-0.05, 0) is 12.1 Å². The fraction of sp³-hybridized carbons (Fsp3) is 0.286. The number of halogens is 1. The van der Waals surface area contributed by atoms with Crippen molar-refractivity contribution in [3.63, 3.8) is 0 Å². The summed E-state index contributed by atoms with van der Waals surface area (Å²) in [6.45, 7) is 0.891. The van der Waals surface area contributed by atoms with Crippen LogP contribution >= 0.6 is 11.6 Å². The summed E-state index contributed by atoms with van der Waals surface area (Å²) >= 11 is 5.71. The van der Waals surface area contributed by atoms with E-state index in [1.165, 1.54) is 41.0 Å². The molecule has 0 atom stereocenters. The van der Waals surface area contributed by atoms with Crippen molar-refractivity contribution in [2.45, 2.75) is 4.90 Å². The Hall–Kier alpha value is -2.30. The minimum atomic E-state index is -3.66. The van der Waals surface area contributed by atoms with Gasteiger partial charge in [-0.15, -0.1) is 0 Å². The van der Waals surface area contributed by atoms with Crippen molar-refractivity contribution in [2.24, 2.45) is 5.92 Å². The van der Waals surface area contributed by atoms with Crippen LogP contribution in [0.4, 0.5) is 5.69 Å². The number of sulfonamides is 1. The minimum Gasteiger partial charge on any atom is -0.476 e. The molecule has 1 fully saturated rings. The van der Waals surface area contributed by atoms with Crippen LogP contribution < -0.4 is 4.74 Å². The highest BCUT2D eigenvalue weighted by atomic mass is 35.5. The molecule has 0 radical (unpaired) electrons. The summed E-state index contributed by atoms with van der Waals surface area (Å²) in [7, 11) is -3.66. The molecule has 0 spiro atoms. The third-order valence-corrected chi connectivity index (χ3v) is 5.69. The molecule has 0 amide bonds. The lowest BCUT2D eigenvalue weighted by Gasteiger charge is -2.37. The zero-order valence-electron chi connectivity index (χ0n) is 12.8. The van der Waals surface area contributed by atoms with Crippen molar-refractivity contribution in [1.82, 2.24) is 14.3 Å². The number of hydrogen-bond donors (Lipinski definition) is 0. The molecule has 0 saturated carbocycles. The molecule has 25 heavy (non-hydrogen) atoms. The smallest absolute Gasteiger partial charge is 0.269 e. The third kappa shape index (κ3) is 3.86. The van der Waals surface area contributed by atoms with Gasteiger partial charge in [-0.2, -0.15) is 9.29 Å². The normalized spacial score (nSPS) is 15.6. The maximum atomic E-state index is 12.4. The Labute approximate surface area is 148 Å². The molecule has 2 heterocycles. The minimum absolute atomic E-state index is 0.0219. The largest absolute Gasteiger partial charge is 0.476 e. The summed E-state index contributed by atoms with van der Waals surface area (Å²) in [5, 5.41) is 10.8. The van der Waals surface area contributed by atoms with Gasteiger partial charge in [0.05, 0.1) is 28.8 Å². The van der Waals surface area contributed by atoms with Gasteiger partial charge in [-0.3, -0.25) is 15.1 Å². The number of benzene rings is 1. The second-order valence-corrected chi connectivity index (χ2v) is 7.76. The zero-order valence-corrected chi connectivity index (χ0v) is 14.4. The molecule has 0 unspecified atom stereocenters. The van der Waals surface area contributed by atoms with Crippen LogP contribution in [0.15, 0.2) is 41.6 Å². The first-order chi connectivity index (χ1) is 11.9. The SMILES string of the molecule is O=[N+]([O-])c1ccc(S(=O)(=O)N2CC(COc3cncc(Cl)n3)C2)cc1. The average Bonchev–Trinajstić information content (AvgIpc) is 2.53. The van der Waals surface area contributed by atoms with Crippen LogP contribution in [0.3, 0.4) is 0 Å². The molecule has 0 aliphatic carbocycles. The highest BCUT2D eigenvalue weighted by Crippen LogP contribution is 2.26. The molecule has 3 rings (SSSR count). The van der Waals surface area contributed by atoms with Gasteiger partial charge < -0.3 is 4.74 Å². The van der Waals surface area contributed by atoms with E-state index >= 15 is 0 Å². The van der Waals surface area contributed by atoms with E-state index in [2.05, 4.69) is 9.97 Å². The van der Waals surface area contributed by atoms with Gasteiger partial charge in [-0.25, -0.2) is 8.42 Å². The van der Waals surface area contributed by atoms with Crippen molar-refractivity contribution >= 4 is 27.3 Å². The summed E-state index contributed by atoms with van der Waals surface area (Å²) in [6, 6.07) is 4.81. The van der Waals surface area contributed by atoms with Gasteiger partial charge in [0.15, 0.2) is 5.15 Å². The van der Waals surface area contributed by atoms with Crippen molar-refractivity contribution < 1.29 is 18.1 Å². The van der Waals surface area contributed by atoms with Gasteiger partial charge >= 0.3 is 0 Å². The molecule has 1 aromatic carbocycles. The molecule has 2 aromatic rings. The molecule has 1 saturated heterocycles. The van der Waals surface area contributed by atoms with Crippen LogP contribution in [0, 0.1) is 16.0 Å². The monoisotopic (exact) mass is 384 g/mol. The Kier molecular flexibility index (Phi) is 4.84. The van der Waals surface area contributed by atoms with E-state index in [1.807, 2.05) is 0 Å². The van der Waals surface area contributed by atoms with Gasteiger partial charge in [0.25, 0.3) is 5.69 Å². The van der Waals surface area contributed by atoms with Gasteiger partial charge in [0.1, 0.15) is 0 Å². The summed E-state index contributed by atoms with van der Waals surface area (Å²) < 4.78 is 31.6. The quantitative estimate of drug-likeness (QED) is 0.550. The summed E-state index contributed by atoms with van der Waals surface area (Å²) in [5.74, 6) is 0.304. The van der Waals surface area contributed by atoms with Crippen molar-refractivity contribution in [2.75, 3.05) is 19.7 Å². The molecule has 9 nitrogen and oxygen atoms in total. The van der Waals surface area contributed by atoms with Crippen LogP contribution in [0.2, 0.25) is 5.15 Å². The molecule has 132 valence electrons. The van der Waals surface area contributed by atoms with Gasteiger partial charge in [0.2, 0.25) is 15.9 Å². The predicted molar refractivity (Wildman–Crippen MR) is 87.9 cm³/mol. The lowest BCUT2D eigenvalue weighted by Crippen LogP contribution is -2.51.